The molecule has 0 aliphatic heterocycles. The van der Waals surface area contributed by atoms with Gasteiger partial charge in [0.05, 0.1) is 10.5 Å². The van der Waals surface area contributed by atoms with E-state index < -0.39 is 11.6 Å². The van der Waals surface area contributed by atoms with E-state index in [9.17, 15) is 8.78 Å². The third-order valence-electron chi connectivity index (χ3n) is 3.39. The lowest BCUT2D eigenvalue weighted by atomic mass is 9.93. The molecule has 0 saturated carbocycles. The average Bonchev–Trinajstić information content (AvgIpc) is 2.45. The Bertz CT molecular complexity index is 613. The molecule has 0 amide bonds. The van der Waals surface area contributed by atoms with Crippen molar-refractivity contribution in [2.75, 3.05) is 7.05 Å². The maximum absolute atomic E-state index is 14.2. The number of benzene rings is 2. The Morgan fingerprint density at radius 1 is 1.10 bits per heavy atom. The molecule has 0 bridgehead atoms. The number of halogens is 3. The minimum Gasteiger partial charge on any atom is -0.309 e. The van der Waals surface area contributed by atoms with Crippen molar-refractivity contribution in [2.24, 2.45) is 0 Å². The first-order chi connectivity index (χ1) is 9.58. The van der Waals surface area contributed by atoms with E-state index in [1.165, 1.54) is 12.1 Å². The van der Waals surface area contributed by atoms with Crippen LogP contribution in [-0.4, -0.2) is 7.05 Å². The minimum absolute atomic E-state index is 0.136. The molecule has 1 nitrogen and oxygen atoms in total. The van der Waals surface area contributed by atoms with E-state index in [4.69, 9.17) is 0 Å². The maximum atomic E-state index is 14.2. The fourth-order valence-electron chi connectivity index (χ4n) is 2.38. The summed E-state index contributed by atoms with van der Waals surface area (Å²) in [6, 6.07) is 9.86. The smallest absolute Gasteiger partial charge is 0.137 e. The molecule has 0 fully saturated rings. The topological polar surface area (TPSA) is 12.0 Å². The molecule has 2 aromatic rings. The van der Waals surface area contributed by atoms with E-state index in [1.807, 2.05) is 31.2 Å². The van der Waals surface area contributed by atoms with Crippen molar-refractivity contribution in [3.8, 4) is 0 Å². The van der Waals surface area contributed by atoms with Crippen LogP contribution in [0.5, 0.6) is 0 Å². The van der Waals surface area contributed by atoms with Crippen molar-refractivity contribution in [2.45, 2.75) is 19.4 Å². The first-order valence-electron chi connectivity index (χ1n) is 6.48. The van der Waals surface area contributed by atoms with Gasteiger partial charge in [0.2, 0.25) is 0 Å². The Kier molecular flexibility index (Phi) is 4.89. The van der Waals surface area contributed by atoms with Crippen LogP contribution in [0.1, 0.15) is 29.7 Å². The molecule has 0 spiro atoms. The molecule has 2 rings (SSSR count). The molecule has 0 aliphatic carbocycles. The molecule has 1 unspecified atom stereocenters. The molecule has 0 saturated heterocycles. The highest BCUT2D eigenvalue weighted by atomic mass is 79.9. The van der Waals surface area contributed by atoms with Gasteiger partial charge in [0.25, 0.3) is 0 Å². The van der Waals surface area contributed by atoms with E-state index in [0.29, 0.717) is 5.56 Å². The van der Waals surface area contributed by atoms with Crippen LogP contribution in [0.3, 0.4) is 0 Å². The molecular formula is C16H16BrF2N. The summed E-state index contributed by atoms with van der Waals surface area (Å²) in [7, 11) is 1.75. The van der Waals surface area contributed by atoms with Gasteiger partial charge in [0.15, 0.2) is 0 Å². The molecule has 2 aromatic carbocycles. The Labute approximate surface area is 126 Å². The average molecular weight is 340 g/mol. The van der Waals surface area contributed by atoms with E-state index in [-0.39, 0.29) is 10.5 Å². The highest BCUT2D eigenvalue weighted by Gasteiger charge is 2.20. The van der Waals surface area contributed by atoms with E-state index in [2.05, 4.69) is 21.2 Å². The predicted octanol–water partition coefficient (Wildman–Crippen LogP) is 4.60. The molecule has 20 heavy (non-hydrogen) atoms. The maximum Gasteiger partial charge on any atom is 0.137 e. The summed E-state index contributed by atoms with van der Waals surface area (Å²) in [5.74, 6) is -0.890. The van der Waals surface area contributed by atoms with Crippen molar-refractivity contribution in [3.63, 3.8) is 0 Å². The summed E-state index contributed by atoms with van der Waals surface area (Å²) in [4.78, 5) is 0. The quantitative estimate of drug-likeness (QED) is 0.802. The number of nitrogens with one attached hydrogen (secondary N) is 1. The Hall–Kier alpha value is -1.26. The fourth-order valence-corrected chi connectivity index (χ4v) is 2.69. The standard InChI is InChI=1S/C16H16BrF2N/c1-3-10-6-4-5-7-11(10)16(20-2)12-8-15(19)13(17)9-14(12)18/h4-9,16,20H,3H2,1-2H3. The summed E-state index contributed by atoms with van der Waals surface area (Å²) < 4.78 is 28.0. The van der Waals surface area contributed by atoms with Gasteiger partial charge >= 0.3 is 0 Å². The summed E-state index contributed by atoms with van der Waals surface area (Å²) >= 11 is 3.00. The first-order valence-corrected chi connectivity index (χ1v) is 7.27. The van der Waals surface area contributed by atoms with Gasteiger partial charge in [-0.25, -0.2) is 8.78 Å². The number of hydrogen-bond acceptors (Lipinski definition) is 1. The molecule has 106 valence electrons. The largest absolute Gasteiger partial charge is 0.309 e. The van der Waals surface area contributed by atoms with Crippen molar-refractivity contribution < 1.29 is 8.78 Å². The molecule has 0 radical (unpaired) electrons. The van der Waals surface area contributed by atoms with Crippen LogP contribution in [0.15, 0.2) is 40.9 Å². The molecule has 0 heterocycles. The highest BCUT2D eigenvalue weighted by molar-refractivity contribution is 9.10. The van der Waals surface area contributed by atoms with Crippen LogP contribution in [0.2, 0.25) is 0 Å². The molecule has 0 aromatic heterocycles. The SMILES string of the molecule is CCc1ccccc1C(NC)c1cc(F)c(Br)cc1F. The van der Waals surface area contributed by atoms with Crippen molar-refractivity contribution in [3.05, 3.63) is 69.2 Å². The molecule has 0 aliphatic rings. The molecular weight excluding hydrogens is 324 g/mol. The lowest BCUT2D eigenvalue weighted by molar-refractivity contribution is 0.553. The third-order valence-corrected chi connectivity index (χ3v) is 3.99. The second-order valence-corrected chi connectivity index (χ2v) is 5.42. The molecule has 4 heteroatoms. The van der Waals surface area contributed by atoms with Crippen LogP contribution >= 0.6 is 15.9 Å². The first kappa shape index (κ1) is 15.1. The molecule has 1 N–H and O–H groups in total. The van der Waals surface area contributed by atoms with Crippen LogP contribution in [0.4, 0.5) is 8.78 Å². The monoisotopic (exact) mass is 339 g/mol. The summed E-state index contributed by atoms with van der Waals surface area (Å²) in [6.45, 7) is 2.05. The summed E-state index contributed by atoms with van der Waals surface area (Å²) in [6.07, 6.45) is 0.842. The number of aryl methyl sites for hydroxylation is 1. The van der Waals surface area contributed by atoms with Gasteiger partial charge in [-0.1, -0.05) is 31.2 Å². The van der Waals surface area contributed by atoms with E-state index >= 15 is 0 Å². The van der Waals surface area contributed by atoms with Gasteiger partial charge in [0.1, 0.15) is 11.6 Å². The highest BCUT2D eigenvalue weighted by Crippen LogP contribution is 2.30. The van der Waals surface area contributed by atoms with Gasteiger partial charge in [-0.15, -0.1) is 0 Å². The summed E-state index contributed by atoms with van der Waals surface area (Å²) in [5, 5.41) is 3.07. The third kappa shape index (κ3) is 2.91. The zero-order chi connectivity index (χ0) is 14.7. The lowest BCUT2D eigenvalue weighted by Gasteiger charge is -2.21. The zero-order valence-corrected chi connectivity index (χ0v) is 13.0. The second-order valence-electron chi connectivity index (χ2n) is 4.56. The van der Waals surface area contributed by atoms with Gasteiger partial charge < -0.3 is 5.32 Å². The van der Waals surface area contributed by atoms with Crippen molar-refractivity contribution in [1.29, 1.82) is 0 Å². The van der Waals surface area contributed by atoms with Gasteiger partial charge in [-0.3, -0.25) is 0 Å². The number of hydrogen-bond donors (Lipinski definition) is 1. The van der Waals surface area contributed by atoms with Crippen LogP contribution in [0.25, 0.3) is 0 Å². The summed E-state index contributed by atoms with van der Waals surface area (Å²) in [5.41, 5.74) is 2.40. The fraction of sp³-hybridized carbons (Fsp3) is 0.250. The van der Waals surface area contributed by atoms with Gasteiger partial charge in [-0.05, 0) is 52.7 Å². The Morgan fingerprint density at radius 3 is 2.45 bits per heavy atom. The minimum atomic E-state index is -0.462. The predicted molar refractivity (Wildman–Crippen MR) is 80.8 cm³/mol. The Morgan fingerprint density at radius 2 is 1.80 bits per heavy atom. The van der Waals surface area contributed by atoms with Crippen molar-refractivity contribution >= 4 is 15.9 Å². The molecule has 1 atom stereocenters. The Balaban J connectivity index is 2.55. The van der Waals surface area contributed by atoms with Gasteiger partial charge in [0, 0.05) is 5.56 Å². The van der Waals surface area contributed by atoms with E-state index in [1.54, 1.807) is 7.05 Å². The second kappa shape index (κ2) is 6.46. The lowest BCUT2D eigenvalue weighted by Crippen LogP contribution is -2.20. The van der Waals surface area contributed by atoms with Crippen LogP contribution in [0, 0.1) is 11.6 Å². The van der Waals surface area contributed by atoms with E-state index in [0.717, 1.165) is 17.5 Å². The van der Waals surface area contributed by atoms with Crippen molar-refractivity contribution in [1.82, 2.24) is 5.32 Å². The van der Waals surface area contributed by atoms with Gasteiger partial charge in [-0.2, -0.15) is 0 Å². The zero-order valence-electron chi connectivity index (χ0n) is 11.4. The van der Waals surface area contributed by atoms with Crippen LogP contribution < -0.4 is 5.32 Å². The number of rotatable bonds is 4. The normalized spacial score (nSPS) is 12.4. The van der Waals surface area contributed by atoms with Crippen LogP contribution in [-0.2, 0) is 6.42 Å².